The number of hydrogen-bond donors (Lipinski definition) is 2. The number of amides is 3. The van der Waals surface area contributed by atoms with Crippen molar-refractivity contribution in [2.75, 3.05) is 30.3 Å². The van der Waals surface area contributed by atoms with Gasteiger partial charge in [0.05, 0.1) is 31.0 Å². The van der Waals surface area contributed by atoms with Crippen LogP contribution in [0.3, 0.4) is 0 Å². The second kappa shape index (κ2) is 8.76. The first-order chi connectivity index (χ1) is 14.9. The molecule has 4 rings (SSSR count). The quantitative estimate of drug-likeness (QED) is 0.715. The Hall–Kier alpha value is -3.41. The van der Waals surface area contributed by atoms with Crippen LogP contribution in [0.1, 0.15) is 17.4 Å². The molecule has 0 saturated carbocycles. The lowest BCUT2D eigenvalue weighted by Gasteiger charge is -2.14. The molecule has 1 atom stereocenters. The van der Waals surface area contributed by atoms with Gasteiger partial charge in [0.1, 0.15) is 23.9 Å². The van der Waals surface area contributed by atoms with Crippen molar-refractivity contribution in [2.24, 2.45) is 4.99 Å². The Bertz CT molecular complexity index is 1070. The molecule has 1 saturated heterocycles. The minimum absolute atomic E-state index is 0.127. The van der Waals surface area contributed by atoms with Crippen molar-refractivity contribution < 1.29 is 23.5 Å². The molecule has 162 valence electrons. The van der Waals surface area contributed by atoms with Crippen LogP contribution < -0.4 is 15.5 Å². The SMILES string of the molecule is CC(=O)NCC1CN(c2ccc(-n3cnc(C(=O)NC4=NCCS4)c3)c(F)c2)C(=O)O1. The fourth-order valence-corrected chi connectivity index (χ4v) is 3.84. The number of carbonyl (C=O) groups excluding carboxylic acids is 3. The van der Waals surface area contributed by atoms with E-state index in [0.717, 1.165) is 5.75 Å². The third-order valence-corrected chi connectivity index (χ3v) is 5.49. The summed E-state index contributed by atoms with van der Waals surface area (Å²) < 4.78 is 21.4. The molecule has 1 aromatic heterocycles. The molecular formula is C19H19FN6O4S. The van der Waals surface area contributed by atoms with Gasteiger partial charge in [0, 0.05) is 18.9 Å². The van der Waals surface area contributed by atoms with Gasteiger partial charge >= 0.3 is 6.09 Å². The van der Waals surface area contributed by atoms with Gasteiger partial charge in [0.2, 0.25) is 5.91 Å². The topological polar surface area (TPSA) is 118 Å². The van der Waals surface area contributed by atoms with Crippen LogP contribution in [0.15, 0.2) is 35.7 Å². The van der Waals surface area contributed by atoms with Gasteiger partial charge in [-0.15, -0.1) is 0 Å². The first-order valence-corrected chi connectivity index (χ1v) is 10.4. The van der Waals surface area contributed by atoms with Gasteiger partial charge in [-0.05, 0) is 18.2 Å². The molecule has 0 aliphatic carbocycles. The third kappa shape index (κ3) is 4.68. The van der Waals surface area contributed by atoms with Crippen LogP contribution in [-0.2, 0) is 9.53 Å². The van der Waals surface area contributed by atoms with E-state index in [1.165, 1.54) is 52.8 Å². The average Bonchev–Trinajstić information content (AvgIpc) is 3.47. The second-order valence-corrected chi connectivity index (χ2v) is 7.93. The number of halogens is 1. The molecule has 0 bridgehead atoms. The van der Waals surface area contributed by atoms with E-state index in [2.05, 4.69) is 20.6 Å². The molecule has 1 unspecified atom stereocenters. The Morgan fingerprint density at radius 1 is 1.39 bits per heavy atom. The van der Waals surface area contributed by atoms with Crippen LogP contribution >= 0.6 is 11.8 Å². The number of hydrogen-bond acceptors (Lipinski definition) is 7. The van der Waals surface area contributed by atoms with Crippen molar-refractivity contribution in [2.45, 2.75) is 13.0 Å². The largest absolute Gasteiger partial charge is 0.442 e. The van der Waals surface area contributed by atoms with Crippen LogP contribution in [0.2, 0.25) is 0 Å². The first kappa shape index (κ1) is 20.8. The summed E-state index contributed by atoms with van der Waals surface area (Å²) in [5.41, 5.74) is 0.624. The van der Waals surface area contributed by atoms with Gasteiger partial charge in [-0.2, -0.15) is 0 Å². The fourth-order valence-electron chi connectivity index (χ4n) is 3.11. The first-order valence-electron chi connectivity index (χ1n) is 9.46. The highest BCUT2D eigenvalue weighted by molar-refractivity contribution is 8.14. The monoisotopic (exact) mass is 446 g/mol. The molecule has 0 radical (unpaired) electrons. The summed E-state index contributed by atoms with van der Waals surface area (Å²) in [4.78, 5) is 44.9. The summed E-state index contributed by atoms with van der Waals surface area (Å²) in [5, 5.41) is 5.80. The Labute approximate surface area is 180 Å². The minimum atomic E-state index is -0.614. The van der Waals surface area contributed by atoms with E-state index in [-0.39, 0.29) is 30.4 Å². The Morgan fingerprint density at radius 2 is 2.23 bits per heavy atom. The predicted molar refractivity (Wildman–Crippen MR) is 112 cm³/mol. The minimum Gasteiger partial charge on any atom is -0.442 e. The Balaban J connectivity index is 1.46. The molecule has 31 heavy (non-hydrogen) atoms. The lowest BCUT2D eigenvalue weighted by Crippen LogP contribution is -2.33. The summed E-state index contributed by atoms with van der Waals surface area (Å²) in [7, 11) is 0. The van der Waals surface area contributed by atoms with Crippen molar-refractivity contribution in [1.29, 1.82) is 0 Å². The lowest BCUT2D eigenvalue weighted by molar-refractivity contribution is -0.119. The van der Waals surface area contributed by atoms with Crippen molar-refractivity contribution >= 4 is 40.5 Å². The van der Waals surface area contributed by atoms with Gasteiger partial charge in [-0.1, -0.05) is 11.8 Å². The zero-order valence-corrected chi connectivity index (χ0v) is 17.3. The second-order valence-electron chi connectivity index (χ2n) is 6.84. The van der Waals surface area contributed by atoms with Gasteiger partial charge in [0.15, 0.2) is 5.17 Å². The van der Waals surface area contributed by atoms with Crippen LogP contribution in [0.25, 0.3) is 5.69 Å². The Kier molecular flexibility index (Phi) is 5.89. The van der Waals surface area contributed by atoms with E-state index in [1.807, 2.05) is 0 Å². The molecule has 2 aliphatic heterocycles. The van der Waals surface area contributed by atoms with Gasteiger partial charge in [-0.3, -0.25) is 24.8 Å². The molecule has 2 N–H and O–H groups in total. The van der Waals surface area contributed by atoms with E-state index in [0.29, 0.717) is 17.4 Å². The molecule has 3 amide bonds. The highest BCUT2D eigenvalue weighted by Crippen LogP contribution is 2.25. The number of benzene rings is 1. The highest BCUT2D eigenvalue weighted by atomic mass is 32.2. The summed E-state index contributed by atoms with van der Waals surface area (Å²) in [6, 6.07) is 4.27. The van der Waals surface area contributed by atoms with Gasteiger partial charge < -0.3 is 14.6 Å². The summed E-state index contributed by atoms with van der Waals surface area (Å²) >= 11 is 1.45. The van der Waals surface area contributed by atoms with E-state index < -0.39 is 23.9 Å². The standard InChI is InChI=1S/C19H19FN6O4S/c1-11(27)22-7-13-8-26(19(29)30-13)12-2-3-16(14(20)6-12)25-9-15(23-10-25)17(28)24-18-21-4-5-31-18/h2-3,6,9-10,13H,4-5,7-8H2,1H3,(H,22,27)(H,21,24,28). The van der Waals surface area contributed by atoms with Gasteiger partial charge in [-0.25, -0.2) is 14.2 Å². The average molecular weight is 446 g/mol. The summed E-state index contributed by atoms with van der Waals surface area (Å²) in [6.45, 7) is 2.40. The zero-order chi connectivity index (χ0) is 22.0. The number of thioether (sulfide) groups is 1. The van der Waals surface area contributed by atoms with E-state index in [4.69, 9.17) is 4.74 Å². The van der Waals surface area contributed by atoms with Gasteiger partial charge in [0.25, 0.3) is 5.91 Å². The number of nitrogens with zero attached hydrogens (tertiary/aromatic N) is 4. The lowest BCUT2D eigenvalue weighted by atomic mass is 10.2. The smallest absolute Gasteiger partial charge is 0.414 e. The van der Waals surface area contributed by atoms with Crippen LogP contribution in [0.4, 0.5) is 14.9 Å². The zero-order valence-electron chi connectivity index (χ0n) is 16.5. The Morgan fingerprint density at radius 3 is 2.94 bits per heavy atom. The number of amidine groups is 1. The van der Waals surface area contributed by atoms with Crippen molar-refractivity contribution in [3.05, 3.63) is 42.2 Å². The van der Waals surface area contributed by atoms with E-state index in [9.17, 15) is 18.8 Å². The normalized spacial score (nSPS) is 18.0. The molecule has 1 fully saturated rings. The van der Waals surface area contributed by atoms with E-state index >= 15 is 0 Å². The number of imidazole rings is 1. The van der Waals surface area contributed by atoms with Crippen molar-refractivity contribution in [3.63, 3.8) is 0 Å². The fraction of sp³-hybridized carbons (Fsp3) is 0.316. The predicted octanol–water partition coefficient (Wildman–Crippen LogP) is 1.31. The number of anilines is 1. The van der Waals surface area contributed by atoms with Crippen molar-refractivity contribution in [1.82, 2.24) is 20.2 Å². The maximum atomic E-state index is 14.8. The number of aromatic nitrogens is 2. The number of cyclic esters (lactones) is 1. The molecule has 1 aromatic carbocycles. The number of aliphatic imine (C=N–C) groups is 1. The third-order valence-electron chi connectivity index (χ3n) is 4.60. The summed E-state index contributed by atoms with van der Waals surface area (Å²) in [5.74, 6) is -0.432. The maximum absolute atomic E-state index is 14.8. The molecular weight excluding hydrogens is 427 g/mol. The van der Waals surface area contributed by atoms with Crippen LogP contribution in [0.5, 0.6) is 0 Å². The number of nitrogens with one attached hydrogen (secondary N) is 2. The van der Waals surface area contributed by atoms with Crippen LogP contribution in [0, 0.1) is 5.82 Å². The van der Waals surface area contributed by atoms with Crippen molar-refractivity contribution in [3.8, 4) is 5.69 Å². The van der Waals surface area contributed by atoms with Crippen LogP contribution in [-0.4, -0.2) is 64.1 Å². The maximum Gasteiger partial charge on any atom is 0.414 e. The molecule has 3 heterocycles. The number of ether oxygens (including phenoxy) is 1. The molecule has 2 aromatic rings. The highest BCUT2D eigenvalue weighted by Gasteiger charge is 2.32. The molecule has 10 nitrogen and oxygen atoms in total. The molecule has 0 spiro atoms. The summed E-state index contributed by atoms with van der Waals surface area (Å²) in [6.07, 6.45) is 1.62. The van der Waals surface area contributed by atoms with E-state index in [1.54, 1.807) is 6.07 Å². The number of rotatable bonds is 5. The molecule has 12 heteroatoms. The number of carbonyl (C=O) groups is 3. The molecule has 2 aliphatic rings.